The van der Waals surface area contributed by atoms with Gasteiger partial charge in [-0.15, -0.1) is 0 Å². The van der Waals surface area contributed by atoms with E-state index in [0.29, 0.717) is 0 Å². The third kappa shape index (κ3) is 29.6. The van der Waals surface area contributed by atoms with E-state index in [1.54, 1.807) is 106 Å². The standard InChI is InChI=1S/C61H93N5O22/c1-8-29-81-58(77)63-53-49(73)39-84-56(55(53)75)86-45-24-22-20-18-16-14-12-11-13-15-17-19-21-23-40(4)47(71)32-41(5)85-52(74)35-43(68)33-42(67)25-26-46(70)48(72)34-44(69)37-61(80)38-51(87-60(79)83-31-10-3)54(50(36-45)88-61)62-57(76)64-66(28-27-65(6)7)59(78)82-30-9-2/h8-24,40-51,53-56,67-73,75,80H,1-3,25-39H2,4-7H3,(H,63,77)(H2,62,64,76)/b12-11+,15-13+,16-14+,19-17+,20-18+,23-21+,24-22+/t40-,41-,42+,43+,44-,45-,46+,47-,48+,49+,50-,51-,53-,54-,55-,56-,61+/m0/s1. The molecule has 3 rings (SSSR count). The molecule has 0 radical (unpaired) electrons. The average molecular weight is 1250 g/mol. The van der Waals surface area contributed by atoms with Gasteiger partial charge in [0.05, 0.1) is 80.5 Å². The number of aliphatic hydroxyl groups excluding tert-OH is 8. The van der Waals surface area contributed by atoms with E-state index in [0.717, 1.165) is 5.01 Å². The molecule has 3 heterocycles. The van der Waals surface area contributed by atoms with Gasteiger partial charge in [0.25, 0.3) is 0 Å². The van der Waals surface area contributed by atoms with E-state index in [4.69, 9.17) is 37.9 Å². The lowest BCUT2D eigenvalue weighted by Crippen LogP contribution is -2.65. The molecule has 0 saturated carbocycles. The number of amides is 4. The predicted octanol–water partition coefficient (Wildman–Crippen LogP) is 2.45. The Labute approximate surface area is 514 Å². The number of hydrogen-bond acceptors (Lipinski definition) is 23. The van der Waals surface area contributed by atoms with Crippen LogP contribution >= 0.6 is 0 Å². The summed E-state index contributed by atoms with van der Waals surface area (Å²) in [5.41, 5.74) is 2.43. The van der Waals surface area contributed by atoms with Gasteiger partial charge in [0.1, 0.15) is 44.2 Å². The summed E-state index contributed by atoms with van der Waals surface area (Å²) in [4.78, 5) is 67.8. The van der Waals surface area contributed by atoms with Crippen molar-refractivity contribution in [2.24, 2.45) is 5.92 Å². The highest BCUT2D eigenvalue weighted by molar-refractivity contribution is 5.78. The number of cyclic esters (lactones) is 1. The zero-order chi connectivity index (χ0) is 65.2. The van der Waals surface area contributed by atoms with Crippen LogP contribution in [0.1, 0.15) is 71.6 Å². The van der Waals surface area contributed by atoms with Gasteiger partial charge in [0.2, 0.25) is 0 Å². The monoisotopic (exact) mass is 1250 g/mol. The summed E-state index contributed by atoms with van der Waals surface area (Å²) in [6.07, 6.45) is 2.30. The Morgan fingerprint density at radius 3 is 1.90 bits per heavy atom. The number of allylic oxidation sites excluding steroid dienone is 12. The second-order valence-electron chi connectivity index (χ2n) is 21.7. The molecule has 494 valence electrons. The molecule has 2 bridgehead atoms. The fraction of sp³-hybridized carbons (Fsp3) is 0.590. The number of urea groups is 1. The van der Waals surface area contributed by atoms with Crippen LogP contribution < -0.4 is 16.1 Å². The summed E-state index contributed by atoms with van der Waals surface area (Å²) < 4.78 is 45.0. The van der Waals surface area contributed by atoms with Gasteiger partial charge < -0.3 is 99.4 Å². The normalized spacial score (nSPS) is 34.5. The van der Waals surface area contributed by atoms with Gasteiger partial charge in [-0.05, 0) is 40.3 Å². The fourth-order valence-electron chi connectivity index (χ4n) is 9.21. The minimum Gasteiger partial charge on any atom is -0.462 e. The largest absolute Gasteiger partial charge is 0.508 e. The van der Waals surface area contributed by atoms with E-state index in [1.807, 2.05) is 0 Å². The zero-order valence-electron chi connectivity index (χ0n) is 50.5. The smallest absolute Gasteiger partial charge is 0.462 e. The average Bonchev–Trinajstić information content (AvgIpc) is 2.27. The van der Waals surface area contributed by atoms with Crippen LogP contribution in [0.3, 0.4) is 0 Å². The number of aliphatic hydroxyl groups is 9. The van der Waals surface area contributed by atoms with Crippen molar-refractivity contribution in [1.29, 1.82) is 0 Å². The second kappa shape index (κ2) is 40.9. The van der Waals surface area contributed by atoms with Crippen molar-refractivity contribution in [3.63, 3.8) is 0 Å². The maximum Gasteiger partial charge on any atom is 0.508 e. The first-order valence-electron chi connectivity index (χ1n) is 29.1. The molecule has 0 spiro atoms. The molecule has 3 aliphatic rings. The van der Waals surface area contributed by atoms with E-state index in [1.165, 1.54) is 30.4 Å². The summed E-state index contributed by atoms with van der Waals surface area (Å²) in [6.45, 7) is 12.9. The molecule has 12 N–H and O–H groups in total. The van der Waals surface area contributed by atoms with Crippen molar-refractivity contribution in [3.05, 3.63) is 123 Å². The van der Waals surface area contributed by atoms with Gasteiger partial charge in [0.15, 0.2) is 12.1 Å². The Kier molecular flexibility index (Phi) is 35.1. The number of fused-ring (bicyclic) bond motifs is 2. The molecular formula is C61H93N5O22. The summed E-state index contributed by atoms with van der Waals surface area (Å²) >= 11 is 0. The zero-order valence-corrected chi connectivity index (χ0v) is 50.5. The number of hydrogen-bond donors (Lipinski definition) is 12. The van der Waals surface area contributed by atoms with Crippen LogP contribution in [0.2, 0.25) is 0 Å². The van der Waals surface area contributed by atoms with Crippen molar-refractivity contribution in [3.8, 4) is 0 Å². The lowest BCUT2D eigenvalue weighted by molar-refractivity contribution is -0.299. The molecule has 0 aliphatic carbocycles. The third-order valence-electron chi connectivity index (χ3n) is 13.7. The van der Waals surface area contributed by atoms with Crippen LogP contribution in [0.5, 0.6) is 0 Å². The van der Waals surface area contributed by atoms with Crippen LogP contribution in [0, 0.1) is 5.92 Å². The maximum atomic E-state index is 14.2. The molecule has 0 aromatic rings. The molecular weight excluding hydrogens is 1150 g/mol. The number of hydrazine groups is 1. The highest BCUT2D eigenvalue weighted by Crippen LogP contribution is 2.37. The molecule has 88 heavy (non-hydrogen) atoms. The number of alkyl carbamates (subject to hydrolysis) is 1. The minimum absolute atomic E-state index is 0.103. The maximum absolute atomic E-state index is 14.2. The topological polar surface area (TPSA) is 384 Å². The fourth-order valence-corrected chi connectivity index (χ4v) is 9.21. The number of nitrogens with zero attached hydrogens (tertiary/aromatic N) is 2. The second-order valence-corrected chi connectivity index (χ2v) is 21.7. The van der Waals surface area contributed by atoms with Gasteiger partial charge in [-0.25, -0.2) is 29.6 Å². The Morgan fingerprint density at radius 2 is 1.27 bits per heavy atom. The van der Waals surface area contributed by atoms with E-state index in [-0.39, 0.29) is 64.5 Å². The Bertz CT molecular complexity index is 2380. The molecule has 2 saturated heterocycles. The first kappa shape index (κ1) is 75.7. The summed E-state index contributed by atoms with van der Waals surface area (Å²) in [5, 5.41) is 107. The molecule has 2 fully saturated rings. The van der Waals surface area contributed by atoms with Crippen molar-refractivity contribution >= 4 is 30.3 Å². The molecule has 0 aromatic heterocycles. The van der Waals surface area contributed by atoms with Crippen molar-refractivity contribution in [2.75, 3.05) is 53.6 Å². The van der Waals surface area contributed by atoms with Crippen LogP contribution in [0.25, 0.3) is 0 Å². The SMILES string of the molecule is C=CCOC(=O)N[C@@H]1[C@H](O)[C@H](O[C@H]2/C=C/C=C/C=C/C=C/C=C/C=C/C=C/[C@H](C)[C@@H](O)C[C@H](C)OC(=O)C[C@H](O)C[C@H](O)CC[C@@H](O)[C@H](O)C[C@H](O)C[C@]3(O)C[C@H](OC(=O)OCC=C)[C@@H](NC(=O)NN(CCN(C)C)C(=O)OCC=C)[C@H](C2)O3)OC[C@H]1O. The Morgan fingerprint density at radius 1 is 0.670 bits per heavy atom. The van der Waals surface area contributed by atoms with Gasteiger partial charge >= 0.3 is 30.3 Å². The lowest BCUT2D eigenvalue weighted by atomic mass is 9.86. The van der Waals surface area contributed by atoms with Crippen LogP contribution in [0.4, 0.5) is 19.2 Å². The third-order valence-corrected chi connectivity index (χ3v) is 13.7. The number of esters is 1. The predicted molar refractivity (Wildman–Crippen MR) is 320 cm³/mol. The van der Waals surface area contributed by atoms with Gasteiger partial charge in [-0.3, -0.25) is 4.79 Å². The van der Waals surface area contributed by atoms with Crippen molar-refractivity contribution in [1.82, 2.24) is 26.0 Å². The summed E-state index contributed by atoms with van der Waals surface area (Å²) in [5.74, 6) is -3.60. The van der Waals surface area contributed by atoms with E-state index < -0.39 is 166 Å². The number of rotatable bonds is 14. The first-order valence-corrected chi connectivity index (χ1v) is 29.1. The molecule has 4 amide bonds. The summed E-state index contributed by atoms with van der Waals surface area (Å²) in [6, 6.07) is -4.02. The Hall–Kier alpha value is -6.57. The van der Waals surface area contributed by atoms with Crippen LogP contribution in [0.15, 0.2) is 123 Å². The number of likely N-dealkylation sites (N-methyl/N-ethyl adjacent to an activating group) is 1. The van der Waals surface area contributed by atoms with Gasteiger partial charge in [0, 0.05) is 44.6 Å². The molecule has 27 heteroatoms. The molecule has 17 atom stereocenters. The highest BCUT2D eigenvalue weighted by Gasteiger charge is 2.51. The lowest BCUT2D eigenvalue weighted by Gasteiger charge is -2.47. The first-order chi connectivity index (χ1) is 41.9. The van der Waals surface area contributed by atoms with E-state index in [9.17, 15) is 69.9 Å². The van der Waals surface area contributed by atoms with Crippen molar-refractivity contribution in [2.45, 2.75) is 169 Å². The molecule has 0 aromatic carbocycles. The number of nitrogens with one attached hydrogen (secondary N) is 3. The highest BCUT2D eigenvalue weighted by atomic mass is 16.7. The van der Waals surface area contributed by atoms with Crippen molar-refractivity contribution < 1.29 is 108 Å². The van der Waals surface area contributed by atoms with E-state index >= 15 is 0 Å². The number of ether oxygens (including phenoxy) is 8. The number of carbonyl (C=O) groups excluding carboxylic acids is 5. The van der Waals surface area contributed by atoms with Gasteiger partial charge in [-0.2, -0.15) is 0 Å². The molecule has 3 aliphatic heterocycles. The van der Waals surface area contributed by atoms with Gasteiger partial charge in [-0.1, -0.05) is 130 Å². The molecule has 27 nitrogen and oxygen atoms in total. The van der Waals surface area contributed by atoms with E-state index in [2.05, 4.69) is 35.8 Å². The summed E-state index contributed by atoms with van der Waals surface area (Å²) in [7, 11) is 3.44. The quantitative estimate of drug-likeness (QED) is 0.0514. The minimum atomic E-state index is -2.53. The number of carbonyl (C=O) groups is 5. The Balaban J connectivity index is 2.17. The molecule has 0 unspecified atom stereocenters. The van der Waals surface area contributed by atoms with Crippen LogP contribution in [-0.2, 0) is 42.7 Å². The van der Waals surface area contributed by atoms with Crippen LogP contribution in [-0.4, -0.2) is 237 Å².